The van der Waals surface area contributed by atoms with Crippen molar-refractivity contribution in [3.8, 4) is 5.75 Å². The van der Waals surface area contributed by atoms with E-state index in [2.05, 4.69) is 12.2 Å². The van der Waals surface area contributed by atoms with E-state index in [0.717, 1.165) is 43.8 Å². The molecule has 1 aliphatic heterocycles. The average molecular weight is 276 g/mol. The second-order valence-electron chi connectivity index (χ2n) is 5.27. The Bertz CT molecular complexity index is 425. The van der Waals surface area contributed by atoms with Gasteiger partial charge in [-0.1, -0.05) is 6.92 Å². The van der Waals surface area contributed by atoms with Crippen molar-refractivity contribution in [2.45, 2.75) is 32.2 Å². The summed E-state index contributed by atoms with van der Waals surface area (Å²) in [6.45, 7) is 4.79. The zero-order chi connectivity index (χ0) is 14.4. The number of carbonyl (C=O) groups excluding carboxylic acids is 1. The maximum absolute atomic E-state index is 12.6. The first-order valence-corrected chi connectivity index (χ1v) is 7.41. The first kappa shape index (κ1) is 14.9. The largest absolute Gasteiger partial charge is 0.497 e. The van der Waals surface area contributed by atoms with Crippen LogP contribution in [0.5, 0.6) is 5.75 Å². The minimum absolute atomic E-state index is 0.114. The molecule has 0 spiro atoms. The minimum Gasteiger partial charge on any atom is -0.497 e. The Kier molecular flexibility index (Phi) is 5.41. The van der Waals surface area contributed by atoms with Crippen LogP contribution in [0.25, 0.3) is 0 Å². The van der Waals surface area contributed by atoms with E-state index in [1.54, 1.807) is 7.11 Å². The lowest BCUT2D eigenvalue weighted by Gasteiger charge is -2.25. The number of methoxy groups -OCH3 is 1. The van der Waals surface area contributed by atoms with Gasteiger partial charge in [0.25, 0.3) is 5.91 Å². The molecular weight excluding hydrogens is 252 g/mol. The van der Waals surface area contributed by atoms with Crippen LogP contribution < -0.4 is 10.1 Å². The van der Waals surface area contributed by atoms with Gasteiger partial charge >= 0.3 is 0 Å². The Morgan fingerprint density at radius 1 is 1.40 bits per heavy atom. The molecule has 0 bridgehead atoms. The standard InChI is InChI=1S/C16H24N2O2/c1-3-11-18(12-14-5-4-10-17-14)16(19)13-6-8-15(20-2)9-7-13/h6-9,14,17H,3-5,10-12H2,1-2H3. The summed E-state index contributed by atoms with van der Waals surface area (Å²) in [5, 5.41) is 3.46. The van der Waals surface area contributed by atoms with Crippen molar-refractivity contribution in [1.82, 2.24) is 10.2 Å². The van der Waals surface area contributed by atoms with Crippen molar-refractivity contribution in [3.63, 3.8) is 0 Å². The summed E-state index contributed by atoms with van der Waals surface area (Å²) >= 11 is 0. The van der Waals surface area contributed by atoms with Gasteiger partial charge in [0.1, 0.15) is 5.75 Å². The molecule has 1 amide bonds. The van der Waals surface area contributed by atoms with Crippen LogP contribution in [-0.4, -0.2) is 43.6 Å². The quantitative estimate of drug-likeness (QED) is 0.867. The molecule has 4 heteroatoms. The van der Waals surface area contributed by atoms with Crippen molar-refractivity contribution in [2.75, 3.05) is 26.7 Å². The fourth-order valence-electron chi connectivity index (χ4n) is 2.64. The third-order valence-corrected chi connectivity index (χ3v) is 3.72. The van der Waals surface area contributed by atoms with E-state index in [4.69, 9.17) is 4.74 Å². The summed E-state index contributed by atoms with van der Waals surface area (Å²) in [5.41, 5.74) is 0.734. The second kappa shape index (κ2) is 7.29. The van der Waals surface area contributed by atoms with E-state index in [-0.39, 0.29) is 5.91 Å². The Hall–Kier alpha value is -1.55. The molecule has 1 fully saturated rings. The summed E-state index contributed by atoms with van der Waals surface area (Å²) in [7, 11) is 1.63. The first-order valence-electron chi connectivity index (χ1n) is 7.41. The smallest absolute Gasteiger partial charge is 0.253 e. The van der Waals surface area contributed by atoms with Crippen molar-refractivity contribution in [3.05, 3.63) is 29.8 Å². The second-order valence-corrected chi connectivity index (χ2v) is 5.27. The highest BCUT2D eigenvalue weighted by Crippen LogP contribution is 2.15. The third kappa shape index (κ3) is 3.73. The number of carbonyl (C=O) groups is 1. The van der Waals surface area contributed by atoms with Crippen molar-refractivity contribution in [2.24, 2.45) is 0 Å². The fourth-order valence-corrected chi connectivity index (χ4v) is 2.64. The zero-order valence-electron chi connectivity index (χ0n) is 12.4. The first-order chi connectivity index (χ1) is 9.74. The van der Waals surface area contributed by atoms with Gasteiger partial charge in [-0.3, -0.25) is 4.79 Å². The van der Waals surface area contributed by atoms with Gasteiger partial charge < -0.3 is 15.0 Å². The van der Waals surface area contributed by atoms with Crippen LogP contribution in [0.3, 0.4) is 0 Å². The summed E-state index contributed by atoms with van der Waals surface area (Å²) in [6, 6.07) is 7.80. The number of rotatable bonds is 6. The Balaban J connectivity index is 2.04. The maximum atomic E-state index is 12.6. The van der Waals surface area contributed by atoms with Gasteiger partial charge in [-0.2, -0.15) is 0 Å². The fraction of sp³-hybridized carbons (Fsp3) is 0.562. The van der Waals surface area contributed by atoms with Crippen LogP contribution in [0.2, 0.25) is 0 Å². The number of hydrogen-bond acceptors (Lipinski definition) is 3. The number of ether oxygens (including phenoxy) is 1. The van der Waals surface area contributed by atoms with Gasteiger partial charge in [0.05, 0.1) is 7.11 Å². The Labute approximate surface area is 121 Å². The number of benzene rings is 1. The van der Waals surface area contributed by atoms with Crippen molar-refractivity contribution in [1.29, 1.82) is 0 Å². The van der Waals surface area contributed by atoms with E-state index in [1.165, 1.54) is 6.42 Å². The molecule has 1 aromatic carbocycles. The molecule has 1 saturated heterocycles. The predicted octanol–water partition coefficient (Wildman–Crippen LogP) is 2.30. The summed E-state index contributed by atoms with van der Waals surface area (Å²) in [5.74, 6) is 0.893. The van der Waals surface area contributed by atoms with E-state index in [1.807, 2.05) is 29.2 Å². The molecule has 1 heterocycles. The lowest BCUT2D eigenvalue weighted by molar-refractivity contribution is 0.0742. The van der Waals surface area contributed by atoms with Gasteiger partial charge in [0.15, 0.2) is 0 Å². The van der Waals surface area contributed by atoms with Gasteiger partial charge in [-0.15, -0.1) is 0 Å². The van der Waals surface area contributed by atoms with E-state index in [9.17, 15) is 4.79 Å². The minimum atomic E-state index is 0.114. The zero-order valence-corrected chi connectivity index (χ0v) is 12.4. The molecule has 1 unspecified atom stereocenters. The predicted molar refractivity (Wildman–Crippen MR) is 80.2 cm³/mol. The molecular formula is C16H24N2O2. The van der Waals surface area contributed by atoms with Gasteiger partial charge in [0.2, 0.25) is 0 Å². The summed E-state index contributed by atoms with van der Waals surface area (Å²) in [4.78, 5) is 14.5. The molecule has 2 rings (SSSR count). The topological polar surface area (TPSA) is 41.6 Å². The van der Waals surface area contributed by atoms with Crippen LogP contribution in [0.4, 0.5) is 0 Å². The van der Waals surface area contributed by atoms with Gasteiger partial charge in [0, 0.05) is 24.7 Å². The van der Waals surface area contributed by atoms with Crippen LogP contribution in [0, 0.1) is 0 Å². The molecule has 1 N–H and O–H groups in total. The van der Waals surface area contributed by atoms with Gasteiger partial charge in [-0.25, -0.2) is 0 Å². The van der Waals surface area contributed by atoms with Crippen LogP contribution in [-0.2, 0) is 0 Å². The molecule has 0 saturated carbocycles. The maximum Gasteiger partial charge on any atom is 0.253 e. The van der Waals surface area contributed by atoms with Gasteiger partial charge in [-0.05, 0) is 50.1 Å². The number of nitrogens with one attached hydrogen (secondary N) is 1. The van der Waals surface area contributed by atoms with E-state index >= 15 is 0 Å². The molecule has 110 valence electrons. The average Bonchev–Trinajstić information content (AvgIpc) is 2.99. The highest BCUT2D eigenvalue weighted by molar-refractivity contribution is 5.94. The summed E-state index contributed by atoms with van der Waals surface area (Å²) in [6.07, 6.45) is 3.35. The van der Waals surface area contributed by atoms with E-state index in [0.29, 0.717) is 6.04 Å². The highest BCUT2D eigenvalue weighted by atomic mass is 16.5. The van der Waals surface area contributed by atoms with Crippen LogP contribution in [0.1, 0.15) is 36.5 Å². The molecule has 4 nitrogen and oxygen atoms in total. The number of nitrogens with zero attached hydrogens (tertiary/aromatic N) is 1. The number of amides is 1. The SMILES string of the molecule is CCCN(CC1CCCN1)C(=O)c1ccc(OC)cc1. The van der Waals surface area contributed by atoms with Crippen molar-refractivity contribution < 1.29 is 9.53 Å². The Morgan fingerprint density at radius 3 is 2.70 bits per heavy atom. The molecule has 1 aliphatic rings. The highest BCUT2D eigenvalue weighted by Gasteiger charge is 2.21. The third-order valence-electron chi connectivity index (χ3n) is 3.72. The molecule has 1 aromatic rings. The normalized spacial score (nSPS) is 18.0. The Morgan fingerprint density at radius 2 is 2.15 bits per heavy atom. The monoisotopic (exact) mass is 276 g/mol. The lowest BCUT2D eigenvalue weighted by atomic mass is 10.1. The molecule has 0 radical (unpaired) electrons. The number of hydrogen-bond donors (Lipinski definition) is 1. The lowest BCUT2D eigenvalue weighted by Crippen LogP contribution is -2.41. The molecule has 20 heavy (non-hydrogen) atoms. The van der Waals surface area contributed by atoms with E-state index < -0.39 is 0 Å². The van der Waals surface area contributed by atoms with Crippen molar-refractivity contribution >= 4 is 5.91 Å². The van der Waals surface area contributed by atoms with Crippen LogP contribution >= 0.6 is 0 Å². The van der Waals surface area contributed by atoms with Crippen LogP contribution in [0.15, 0.2) is 24.3 Å². The molecule has 0 aromatic heterocycles. The molecule has 0 aliphatic carbocycles. The summed E-state index contributed by atoms with van der Waals surface area (Å²) < 4.78 is 5.13. The molecule has 1 atom stereocenters.